The molecule has 0 heterocycles. The van der Waals surface area contributed by atoms with Crippen LogP contribution in [0.5, 0.6) is 0 Å². The Bertz CT molecular complexity index is 361. The molecule has 27 heavy (non-hydrogen) atoms. The van der Waals surface area contributed by atoms with Gasteiger partial charge < -0.3 is 15.3 Å². The highest BCUT2D eigenvalue weighted by atomic mass is 16.4. The van der Waals surface area contributed by atoms with Crippen molar-refractivity contribution in [3.05, 3.63) is 12.2 Å². The molecule has 0 aromatic carbocycles. The fourth-order valence-electron chi connectivity index (χ4n) is 3.18. The standard InChI is InChI=1S/C23H44O4/c1-2-3-4-5-6-7-8-9-10-11-12-13-14-15-16-17-18-19-22(26)23(27,20-24)21-25/h18-19,24-25,27H,2-17,20-21H2,1H3. The first-order chi connectivity index (χ1) is 13.1. The summed E-state index contributed by atoms with van der Waals surface area (Å²) >= 11 is 0. The summed E-state index contributed by atoms with van der Waals surface area (Å²) in [5, 5.41) is 27.5. The van der Waals surface area contributed by atoms with Crippen LogP contribution < -0.4 is 0 Å². The minimum Gasteiger partial charge on any atom is -0.393 e. The van der Waals surface area contributed by atoms with Crippen LogP contribution in [0.4, 0.5) is 0 Å². The summed E-state index contributed by atoms with van der Waals surface area (Å²) in [7, 11) is 0. The molecule has 160 valence electrons. The third-order valence-corrected chi connectivity index (χ3v) is 5.23. The van der Waals surface area contributed by atoms with E-state index in [9.17, 15) is 9.90 Å². The second kappa shape index (κ2) is 18.6. The molecular weight excluding hydrogens is 340 g/mol. The number of rotatable bonds is 20. The van der Waals surface area contributed by atoms with Crippen molar-refractivity contribution in [1.82, 2.24) is 0 Å². The van der Waals surface area contributed by atoms with E-state index in [1.165, 1.54) is 89.5 Å². The van der Waals surface area contributed by atoms with Gasteiger partial charge in [0.15, 0.2) is 11.4 Å². The molecule has 0 aliphatic rings. The van der Waals surface area contributed by atoms with Crippen molar-refractivity contribution in [1.29, 1.82) is 0 Å². The quantitative estimate of drug-likeness (QED) is 0.202. The Balaban J connectivity index is 3.34. The molecule has 0 fully saturated rings. The van der Waals surface area contributed by atoms with Crippen LogP contribution in [0, 0.1) is 0 Å². The number of hydrogen-bond acceptors (Lipinski definition) is 4. The summed E-state index contributed by atoms with van der Waals surface area (Å²) < 4.78 is 0. The number of carbonyl (C=O) groups excluding carboxylic acids is 1. The van der Waals surface area contributed by atoms with E-state index in [1.807, 2.05) is 0 Å². The maximum atomic E-state index is 11.6. The predicted molar refractivity (Wildman–Crippen MR) is 113 cm³/mol. The molecule has 0 amide bonds. The van der Waals surface area contributed by atoms with Gasteiger partial charge in [0.25, 0.3) is 0 Å². The number of ketones is 1. The summed E-state index contributed by atoms with van der Waals surface area (Å²) in [5.74, 6) is -0.631. The number of unbranched alkanes of at least 4 members (excludes halogenated alkanes) is 15. The lowest BCUT2D eigenvalue weighted by Gasteiger charge is -2.19. The Morgan fingerprint density at radius 1 is 0.704 bits per heavy atom. The summed E-state index contributed by atoms with van der Waals surface area (Å²) in [6.45, 7) is 0.747. The van der Waals surface area contributed by atoms with E-state index in [1.54, 1.807) is 6.08 Å². The van der Waals surface area contributed by atoms with Crippen molar-refractivity contribution in [2.24, 2.45) is 0 Å². The van der Waals surface area contributed by atoms with Crippen LogP contribution in [0.25, 0.3) is 0 Å². The number of aliphatic hydroxyl groups excluding tert-OH is 2. The van der Waals surface area contributed by atoms with Gasteiger partial charge in [-0.1, -0.05) is 103 Å². The van der Waals surface area contributed by atoms with Crippen LogP contribution in [0.3, 0.4) is 0 Å². The molecule has 3 N–H and O–H groups in total. The van der Waals surface area contributed by atoms with E-state index >= 15 is 0 Å². The Kier molecular flexibility index (Phi) is 18.2. The average molecular weight is 385 g/mol. The van der Waals surface area contributed by atoms with Crippen molar-refractivity contribution < 1.29 is 20.1 Å². The van der Waals surface area contributed by atoms with Crippen molar-refractivity contribution in [2.45, 2.75) is 115 Å². The highest BCUT2D eigenvalue weighted by Gasteiger charge is 2.32. The van der Waals surface area contributed by atoms with Gasteiger partial charge in [-0.3, -0.25) is 4.79 Å². The summed E-state index contributed by atoms with van der Waals surface area (Å²) in [4.78, 5) is 11.6. The van der Waals surface area contributed by atoms with Gasteiger partial charge in [0.2, 0.25) is 0 Å². The Morgan fingerprint density at radius 3 is 1.44 bits per heavy atom. The number of carbonyl (C=O) groups is 1. The Labute approximate surface area is 167 Å². The van der Waals surface area contributed by atoms with Gasteiger partial charge in [-0.15, -0.1) is 0 Å². The van der Waals surface area contributed by atoms with E-state index in [-0.39, 0.29) is 0 Å². The van der Waals surface area contributed by atoms with E-state index in [4.69, 9.17) is 10.2 Å². The molecule has 0 atom stereocenters. The third kappa shape index (κ3) is 15.0. The molecule has 0 rings (SSSR count). The summed E-state index contributed by atoms with van der Waals surface area (Å²) in [6.07, 6.45) is 23.7. The topological polar surface area (TPSA) is 77.8 Å². The van der Waals surface area contributed by atoms with Gasteiger partial charge in [-0.05, 0) is 18.9 Å². The normalized spacial score (nSPS) is 12.1. The minimum atomic E-state index is -2.04. The Hall–Kier alpha value is -0.710. The van der Waals surface area contributed by atoms with Gasteiger partial charge in [-0.25, -0.2) is 0 Å². The first kappa shape index (κ1) is 26.3. The molecule has 0 aromatic heterocycles. The van der Waals surface area contributed by atoms with Crippen molar-refractivity contribution in [3.8, 4) is 0 Å². The van der Waals surface area contributed by atoms with Crippen LogP contribution in [0.2, 0.25) is 0 Å². The van der Waals surface area contributed by atoms with Crippen LogP contribution in [0.15, 0.2) is 12.2 Å². The fourth-order valence-corrected chi connectivity index (χ4v) is 3.18. The van der Waals surface area contributed by atoms with E-state index in [0.717, 1.165) is 19.3 Å². The van der Waals surface area contributed by atoms with Gasteiger partial charge in [0, 0.05) is 0 Å². The number of allylic oxidation sites excluding steroid dienone is 1. The monoisotopic (exact) mass is 384 g/mol. The van der Waals surface area contributed by atoms with Gasteiger partial charge in [0.05, 0.1) is 13.2 Å². The fraction of sp³-hybridized carbons (Fsp3) is 0.870. The summed E-state index contributed by atoms with van der Waals surface area (Å²) in [5.41, 5.74) is -2.04. The third-order valence-electron chi connectivity index (χ3n) is 5.23. The molecule has 0 radical (unpaired) electrons. The van der Waals surface area contributed by atoms with Crippen LogP contribution in [-0.4, -0.2) is 39.9 Å². The van der Waals surface area contributed by atoms with Crippen molar-refractivity contribution >= 4 is 5.78 Å². The summed E-state index contributed by atoms with van der Waals surface area (Å²) in [6, 6.07) is 0. The zero-order valence-corrected chi connectivity index (χ0v) is 17.6. The first-order valence-electron chi connectivity index (χ1n) is 11.3. The maximum Gasteiger partial charge on any atom is 0.191 e. The van der Waals surface area contributed by atoms with Gasteiger partial charge in [0.1, 0.15) is 0 Å². The van der Waals surface area contributed by atoms with Crippen molar-refractivity contribution in [2.75, 3.05) is 13.2 Å². The molecule has 0 unspecified atom stereocenters. The van der Waals surface area contributed by atoms with Crippen LogP contribution >= 0.6 is 0 Å². The molecule has 4 heteroatoms. The molecule has 0 spiro atoms. The Morgan fingerprint density at radius 2 is 1.07 bits per heavy atom. The lowest BCUT2D eigenvalue weighted by molar-refractivity contribution is -0.141. The lowest BCUT2D eigenvalue weighted by Crippen LogP contribution is -2.45. The van der Waals surface area contributed by atoms with Gasteiger partial charge >= 0.3 is 0 Å². The second-order valence-corrected chi connectivity index (χ2v) is 7.85. The predicted octanol–water partition coefficient (Wildman–Crippen LogP) is 5.09. The SMILES string of the molecule is CCCCCCCCCCCCCCCCCC=CC(=O)C(O)(CO)CO. The zero-order valence-electron chi connectivity index (χ0n) is 17.6. The highest BCUT2D eigenvalue weighted by molar-refractivity contribution is 5.97. The molecule has 4 nitrogen and oxygen atoms in total. The molecule has 0 saturated heterocycles. The smallest absolute Gasteiger partial charge is 0.191 e. The molecule has 0 bridgehead atoms. The largest absolute Gasteiger partial charge is 0.393 e. The minimum absolute atomic E-state index is 0.631. The lowest BCUT2D eigenvalue weighted by atomic mass is 10.00. The van der Waals surface area contributed by atoms with Gasteiger partial charge in [-0.2, -0.15) is 0 Å². The highest BCUT2D eigenvalue weighted by Crippen LogP contribution is 2.14. The van der Waals surface area contributed by atoms with E-state index in [0.29, 0.717) is 0 Å². The molecule has 0 aliphatic heterocycles. The van der Waals surface area contributed by atoms with Crippen molar-refractivity contribution in [3.63, 3.8) is 0 Å². The number of aliphatic hydroxyl groups is 3. The zero-order chi connectivity index (χ0) is 20.2. The van der Waals surface area contributed by atoms with Crippen LogP contribution in [0.1, 0.15) is 110 Å². The maximum absolute atomic E-state index is 11.6. The first-order valence-corrected chi connectivity index (χ1v) is 11.3. The van der Waals surface area contributed by atoms with Crippen LogP contribution in [-0.2, 0) is 4.79 Å². The second-order valence-electron chi connectivity index (χ2n) is 7.85. The number of hydrogen-bond donors (Lipinski definition) is 3. The van der Waals surface area contributed by atoms with E-state index < -0.39 is 24.6 Å². The molecule has 0 aliphatic carbocycles. The average Bonchev–Trinajstić information content (AvgIpc) is 2.69. The van der Waals surface area contributed by atoms with E-state index in [2.05, 4.69) is 6.92 Å². The molecular formula is C23H44O4. The molecule has 0 saturated carbocycles. The molecule has 0 aromatic rings.